The number of benzene rings is 1. The van der Waals surface area contributed by atoms with E-state index in [1.165, 1.54) is 0 Å². The molecule has 0 fully saturated rings. The number of hydrogen-bond acceptors (Lipinski definition) is 2. The number of nitrogens with zero attached hydrogens (tertiary/aromatic N) is 1. The van der Waals surface area contributed by atoms with Crippen LogP contribution in [0.25, 0.3) is 10.9 Å². The van der Waals surface area contributed by atoms with E-state index in [0.29, 0.717) is 0 Å². The minimum absolute atomic E-state index is 0.800. The van der Waals surface area contributed by atoms with Gasteiger partial charge in [-0.05, 0) is 0 Å². The molecule has 63 valence electrons. The summed E-state index contributed by atoms with van der Waals surface area (Å²) in [6.45, 7) is 1.99. The van der Waals surface area contributed by atoms with Gasteiger partial charge in [-0.3, -0.25) is 0 Å². The molecule has 0 aliphatic heterocycles. The first-order chi connectivity index (χ1) is 6.31. The molecule has 1 heterocycles. The predicted molar refractivity (Wildman–Crippen MR) is 54.3 cm³/mol. The van der Waals surface area contributed by atoms with E-state index in [9.17, 15) is 0 Å². The van der Waals surface area contributed by atoms with Crippen LogP contribution in [0.15, 0.2) is 30.3 Å². The molecule has 0 aliphatic carbocycles. The van der Waals surface area contributed by atoms with Crippen molar-refractivity contribution in [3.8, 4) is 5.75 Å². The summed E-state index contributed by atoms with van der Waals surface area (Å²) in [5.41, 5.74) is 1.99. The molecule has 0 aliphatic rings. The number of hydrogen-bond donors (Lipinski definition) is 0. The fourth-order valence-electron chi connectivity index (χ4n) is 1.33. The van der Waals surface area contributed by atoms with Gasteiger partial charge in [-0.2, -0.15) is 0 Å². The Morgan fingerprint density at radius 3 is 2.85 bits per heavy atom. The van der Waals surface area contributed by atoms with Crippen LogP contribution in [0.1, 0.15) is 5.69 Å². The number of aryl methyl sites for hydroxylation is 1. The molecule has 1 aromatic heterocycles. The second-order valence-electron chi connectivity index (χ2n) is 2.92. The van der Waals surface area contributed by atoms with Gasteiger partial charge >= 0.3 is 87.1 Å². The summed E-state index contributed by atoms with van der Waals surface area (Å²) < 4.78 is 5.34. The summed E-state index contributed by atoms with van der Waals surface area (Å²) >= 11 is 0.800. The third-order valence-corrected chi connectivity index (χ3v) is 2.63. The van der Waals surface area contributed by atoms with Crippen molar-refractivity contribution in [1.82, 2.24) is 4.98 Å². The first-order valence-corrected chi connectivity index (χ1v) is 5.31. The molecule has 2 aromatic rings. The Kier molecular flexibility index (Phi) is 2.29. The van der Waals surface area contributed by atoms with Crippen molar-refractivity contribution in [1.29, 1.82) is 0 Å². The fraction of sp³-hybridized carbons (Fsp3) is 0.100. The summed E-state index contributed by atoms with van der Waals surface area (Å²) in [6, 6.07) is 10.1. The molecule has 3 heteroatoms. The van der Waals surface area contributed by atoms with Gasteiger partial charge in [0.1, 0.15) is 0 Å². The monoisotopic (exact) mass is 228 g/mol. The number of fused-ring (bicyclic) bond motifs is 1. The maximum atomic E-state index is 5.34. The second-order valence-corrected chi connectivity index (χ2v) is 3.53. The van der Waals surface area contributed by atoms with E-state index in [1.807, 2.05) is 31.2 Å². The molecule has 0 unspecified atom stereocenters. The van der Waals surface area contributed by atoms with Crippen LogP contribution in [0.4, 0.5) is 0 Å². The Morgan fingerprint density at radius 2 is 2.08 bits per heavy atom. The maximum absolute atomic E-state index is 5.34. The van der Waals surface area contributed by atoms with Gasteiger partial charge in [-0.1, -0.05) is 0 Å². The van der Waals surface area contributed by atoms with Crippen LogP contribution in [0.2, 0.25) is 0 Å². The molecule has 13 heavy (non-hydrogen) atoms. The van der Waals surface area contributed by atoms with Crippen LogP contribution in [0.5, 0.6) is 5.75 Å². The Morgan fingerprint density at radius 1 is 1.23 bits per heavy atom. The quantitative estimate of drug-likeness (QED) is 0.694. The first-order valence-electron chi connectivity index (χ1n) is 4.09. The van der Waals surface area contributed by atoms with E-state index >= 15 is 0 Å². The number of pyridine rings is 1. The summed E-state index contributed by atoms with van der Waals surface area (Å²) in [7, 11) is 0. The zero-order valence-electron chi connectivity index (χ0n) is 7.45. The third-order valence-electron chi connectivity index (χ3n) is 1.98. The normalized spacial score (nSPS) is 10.2. The Balaban J connectivity index is 2.79. The molecule has 0 bridgehead atoms. The van der Waals surface area contributed by atoms with E-state index in [4.69, 9.17) is 3.53 Å². The Hall–Kier alpha value is -0.934. The molecule has 2 nitrogen and oxygen atoms in total. The summed E-state index contributed by atoms with van der Waals surface area (Å²) in [4.78, 5) is 4.44. The van der Waals surface area contributed by atoms with Crippen molar-refractivity contribution < 1.29 is 3.53 Å². The van der Waals surface area contributed by atoms with Crippen LogP contribution in [-0.2, 0) is 0 Å². The van der Waals surface area contributed by atoms with E-state index in [-0.39, 0.29) is 0 Å². The van der Waals surface area contributed by atoms with Crippen molar-refractivity contribution in [3.05, 3.63) is 36.0 Å². The Bertz CT molecular complexity index is 442. The SMILES string of the molecule is Cc1ccc2cccc([O][GaH])c2n1. The molecule has 1 aromatic carbocycles. The third kappa shape index (κ3) is 1.57. The van der Waals surface area contributed by atoms with Crippen LogP contribution in [0, 0.1) is 6.92 Å². The fourth-order valence-corrected chi connectivity index (χ4v) is 1.82. The molecule has 0 saturated heterocycles. The summed E-state index contributed by atoms with van der Waals surface area (Å²) in [6.07, 6.45) is 0. The van der Waals surface area contributed by atoms with Crippen LogP contribution in [0.3, 0.4) is 0 Å². The van der Waals surface area contributed by atoms with E-state index in [1.54, 1.807) is 0 Å². The molecular weight excluding hydrogens is 220 g/mol. The molecule has 0 saturated carbocycles. The minimum atomic E-state index is 0.800. The van der Waals surface area contributed by atoms with Crippen molar-refractivity contribution in [2.45, 2.75) is 6.92 Å². The van der Waals surface area contributed by atoms with Gasteiger partial charge in [-0.25, -0.2) is 0 Å². The van der Waals surface area contributed by atoms with Gasteiger partial charge in [0.15, 0.2) is 0 Å². The molecular formula is C10H9GaNO. The van der Waals surface area contributed by atoms with Crippen LogP contribution >= 0.6 is 0 Å². The average Bonchev–Trinajstić information content (AvgIpc) is 2.17. The molecule has 0 spiro atoms. The summed E-state index contributed by atoms with van der Waals surface area (Å²) in [5.74, 6) is 0.890. The van der Waals surface area contributed by atoms with Gasteiger partial charge in [0, 0.05) is 0 Å². The first kappa shape index (κ1) is 8.66. The topological polar surface area (TPSA) is 22.1 Å². The van der Waals surface area contributed by atoms with Crippen molar-refractivity contribution in [3.63, 3.8) is 0 Å². The van der Waals surface area contributed by atoms with Gasteiger partial charge in [0.05, 0.1) is 0 Å². The van der Waals surface area contributed by atoms with Crippen molar-refractivity contribution in [2.75, 3.05) is 0 Å². The number of aromatic nitrogens is 1. The molecule has 1 radical (unpaired) electrons. The van der Waals surface area contributed by atoms with Gasteiger partial charge in [-0.15, -0.1) is 0 Å². The standard InChI is InChI=1S/C10H9NO.Ga.H/c1-7-5-6-8-3-2-4-9(12)10(8)11-7;;/h2-6,12H,1H3;;/q;+1;/p-1. The molecule has 0 N–H and O–H groups in total. The van der Waals surface area contributed by atoms with Crippen LogP contribution in [-0.4, -0.2) is 23.9 Å². The zero-order valence-corrected chi connectivity index (χ0v) is 10.4. The van der Waals surface area contributed by atoms with Crippen molar-refractivity contribution in [2.24, 2.45) is 0 Å². The Labute approximate surface area is 87.3 Å². The summed E-state index contributed by atoms with van der Waals surface area (Å²) in [5, 5.41) is 1.14. The number of para-hydroxylation sites is 1. The van der Waals surface area contributed by atoms with E-state index in [0.717, 1.165) is 41.3 Å². The zero-order chi connectivity index (χ0) is 9.26. The van der Waals surface area contributed by atoms with E-state index < -0.39 is 0 Å². The number of rotatable bonds is 1. The van der Waals surface area contributed by atoms with Crippen LogP contribution < -0.4 is 3.53 Å². The molecule has 0 amide bonds. The predicted octanol–water partition coefficient (Wildman–Crippen LogP) is 1.74. The second kappa shape index (κ2) is 3.44. The molecule has 0 atom stereocenters. The van der Waals surface area contributed by atoms with Gasteiger partial charge in [0.2, 0.25) is 0 Å². The molecule has 2 rings (SSSR count). The van der Waals surface area contributed by atoms with Gasteiger partial charge < -0.3 is 0 Å². The van der Waals surface area contributed by atoms with Gasteiger partial charge in [0.25, 0.3) is 0 Å². The van der Waals surface area contributed by atoms with Crippen molar-refractivity contribution >= 4 is 29.9 Å². The average molecular weight is 229 g/mol. The van der Waals surface area contributed by atoms with E-state index in [2.05, 4.69) is 11.1 Å².